The van der Waals surface area contributed by atoms with E-state index in [0.29, 0.717) is 31.9 Å². The van der Waals surface area contributed by atoms with Gasteiger partial charge in [-0.25, -0.2) is 13.2 Å². The van der Waals surface area contributed by atoms with Gasteiger partial charge in [-0.15, -0.1) is 0 Å². The van der Waals surface area contributed by atoms with Crippen LogP contribution in [0.15, 0.2) is 47.4 Å². The summed E-state index contributed by atoms with van der Waals surface area (Å²) in [6, 6.07) is 12.0. The van der Waals surface area contributed by atoms with Gasteiger partial charge in [-0.3, -0.25) is 9.69 Å². The van der Waals surface area contributed by atoms with Crippen LogP contribution < -0.4 is 5.32 Å². The van der Waals surface area contributed by atoms with Crippen LogP contribution in [0.3, 0.4) is 0 Å². The highest BCUT2D eigenvalue weighted by Crippen LogP contribution is 2.33. The number of carbonyl (C=O) groups excluding carboxylic acids is 2. The van der Waals surface area contributed by atoms with E-state index in [1.807, 2.05) is 18.2 Å². The Bertz CT molecular complexity index is 1220. The molecule has 0 unspecified atom stereocenters. The number of morpholine rings is 1. The summed E-state index contributed by atoms with van der Waals surface area (Å²) >= 11 is 0. The molecule has 3 amide bonds. The fourth-order valence-electron chi connectivity index (χ4n) is 4.84. The van der Waals surface area contributed by atoms with Gasteiger partial charge in [0.2, 0.25) is 10.0 Å². The molecule has 2 fully saturated rings. The Morgan fingerprint density at radius 1 is 1.03 bits per heavy atom. The summed E-state index contributed by atoms with van der Waals surface area (Å²) in [6.07, 6.45) is 3.13. The van der Waals surface area contributed by atoms with Crippen LogP contribution in [-0.4, -0.2) is 55.9 Å². The number of hydrogen-bond donors (Lipinski definition) is 1. The van der Waals surface area contributed by atoms with Crippen LogP contribution in [0.25, 0.3) is 0 Å². The number of sulfonamides is 1. The predicted molar refractivity (Wildman–Crippen MR) is 121 cm³/mol. The first-order valence-electron chi connectivity index (χ1n) is 11.2. The fourth-order valence-corrected chi connectivity index (χ4v) is 6.32. The third-order valence-corrected chi connectivity index (χ3v) is 8.69. The van der Waals surface area contributed by atoms with Gasteiger partial charge < -0.3 is 10.1 Å². The molecule has 1 aliphatic carbocycles. The van der Waals surface area contributed by atoms with E-state index >= 15 is 0 Å². The van der Waals surface area contributed by atoms with E-state index in [0.717, 1.165) is 29.7 Å². The Hall–Kier alpha value is -2.75. The quantitative estimate of drug-likeness (QED) is 0.677. The number of nitrogens with one attached hydrogen (secondary N) is 1. The Morgan fingerprint density at radius 3 is 2.58 bits per heavy atom. The van der Waals surface area contributed by atoms with Crippen molar-refractivity contribution in [1.29, 1.82) is 0 Å². The summed E-state index contributed by atoms with van der Waals surface area (Å²) in [6.45, 7) is 3.06. The SMILES string of the molecule is C[C@@]1(c2ccc3c(c2)CCC3)NC(=O)N(Cc2cccc(S(=O)(=O)N3CCOCC3)c2)C1=O. The molecule has 2 heterocycles. The molecular weight excluding hydrogens is 442 g/mol. The van der Waals surface area contributed by atoms with E-state index in [4.69, 9.17) is 4.74 Å². The van der Waals surface area contributed by atoms with Crippen LogP contribution >= 0.6 is 0 Å². The third kappa shape index (κ3) is 3.84. The van der Waals surface area contributed by atoms with Crippen molar-refractivity contribution in [2.45, 2.75) is 43.2 Å². The van der Waals surface area contributed by atoms with Crippen LogP contribution in [0.5, 0.6) is 0 Å². The minimum Gasteiger partial charge on any atom is -0.379 e. The largest absolute Gasteiger partial charge is 0.379 e. The highest BCUT2D eigenvalue weighted by molar-refractivity contribution is 7.89. The summed E-state index contributed by atoms with van der Waals surface area (Å²) in [5, 5.41) is 2.85. The molecule has 5 rings (SSSR count). The van der Waals surface area contributed by atoms with E-state index in [1.54, 1.807) is 19.1 Å². The number of amides is 3. The number of urea groups is 1. The van der Waals surface area contributed by atoms with Crippen LogP contribution in [0, 0.1) is 0 Å². The molecule has 2 aromatic rings. The fraction of sp³-hybridized carbons (Fsp3) is 0.417. The average Bonchev–Trinajstić information content (AvgIpc) is 3.38. The van der Waals surface area contributed by atoms with Gasteiger partial charge in [0.05, 0.1) is 24.7 Å². The molecule has 0 radical (unpaired) electrons. The van der Waals surface area contributed by atoms with Gasteiger partial charge in [-0.1, -0.05) is 30.3 Å². The zero-order valence-corrected chi connectivity index (χ0v) is 19.4. The van der Waals surface area contributed by atoms with Crippen molar-refractivity contribution in [2.24, 2.45) is 0 Å². The number of nitrogens with zero attached hydrogens (tertiary/aromatic N) is 2. The van der Waals surface area contributed by atoms with Crippen molar-refractivity contribution in [3.63, 3.8) is 0 Å². The van der Waals surface area contributed by atoms with E-state index in [-0.39, 0.29) is 17.3 Å². The summed E-state index contributed by atoms with van der Waals surface area (Å²) < 4.78 is 32.6. The standard InChI is InChI=1S/C24H27N3O5S/c1-24(20-9-8-18-5-3-6-19(18)15-20)22(28)27(23(29)25-24)16-17-4-2-7-21(14-17)33(30,31)26-10-12-32-13-11-26/h2,4,7-9,14-15H,3,5-6,10-13,16H2,1H3,(H,25,29)/t24-/m0/s1. The number of ether oxygens (including phenoxy) is 1. The molecule has 0 aromatic heterocycles. The molecule has 1 atom stereocenters. The molecule has 0 saturated carbocycles. The predicted octanol–water partition coefficient (Wildman–Crippen LogP) is 2.16. The van der Waals surface area contributed by atoms with Gasteiger partial charge >= 0.3 is 6.03 Å². The lowest BCUT2D eigenvalue weighted by Gasteiger charge is -2.26. The first-order chi connectivity index (χ1) is 15.8. The zero-order chi connectivity index (χ0) is 23.2. The minimum atomic E-state index is -3.67. The zero-order valence-electron chi connectivity index (χ0n) is 18.5. The Balaban J connectivity index is 1.38. The van der Waals surface area contributed by atoms with Crippen molar-refractivity contribution < 1.29 is 22.7 Å². The lowest BCUT2D eigenvalue weighted by atomic mass is 9.89. The molecule has 0 bridgehead atoms. The van der Waals surface area contributed by atoms with Crippen LogP contribution in [0.1, 0.15) is 35.6 Å². The van der Waals surface area contributed by atoms with Crippen molar-refractivity contribution in [3.05, 3.63) is 64.7 Å². The first kappa shape index (κ1) is 22.1. The Labute approximate surface area is 193 Å². The third-order valence-electron chi connectivity index (χ3n) is 6.80. The second-order valence-electron chi connectivity index (χ2n) is 8.95. The molecule has 9 heteroatoms. The second-order valence-corrected chi connectivity index (χ2v) is 10.9. The van der Waals surface area contributed by atoms with Gasteiger partial charge in [-0.05, 0) is 60.6 Å². The normalized spacial score (nSPS) is 23.6. The lowest BCUT2D eigenvalue weighted by molar-refractivity contribution is -0.131. The first-order valence-corrected chi connectivity index (χ1v) is 12.7. The maximum Gasteiger partial charge on any atom is 0.325 e. The van der Waals surface area contributed by atoms with Gasteiger partial charge in [0.25, 0.3) is 5.91 Å². The van der Waals surface area contributed by atoms with Crippen LogP contribution in [-0.2, 0) is 44.5 Å². The Morgan fingerprint density at radius 2 is 1.79 bits per heavy atom. The van der Waals surface area contributed by atoms with Gasteiger partial charge in [-0.2, -0.15) is 4.31 Å². The molecule has 8 nitrogen and oxygen atoms in total. The van der Waals surface area contributed by atoms with E-state index < -0.39 is 21.6 Å². The van der Waals surface area contributed by atoms with Crippen molar-refractivity contribution in [2.75, 3.05) is 26.3 Å². The smallest absolute Gasteiger partial charge is 0.325 e. The van der Waals surface area contributed by atoms with Gasteiger partial charge in [0.15, 0.2) is 0 Å². The minimum absolute atomic E-state index is 0.00231. The lowest BCUT2D eigenvalue weighted by Crippen LogP contribution is -2.41. The van der Waals surface area contributed by atoms with E-state index in [2.05, 4.69) is 5.32 Å². The number of fused-ring (bicyclic) bond motifs is 1. The summed E-state index contributed by atoms with van der Waals surface area (Å²) in [4.78, 5) is 27.5. The Kier molecular flexibility index (Phi) is 5.50. The van der Waals surface area contributed by atoms with E-state index in [9.17, 15) is 18.0 Å². The summed E-state index contributed by atoms with van der Waals surface area (Å²) in [5.74, 6) is -0.341. The molecule has 1 N–H and O–H groups in total. The van der Waals surface area contributed by atoms with Gasteiger partial charge in [0.1, 0.15) is 5.54 Å². The number of carbonyl (C=O) groups is 2. The van der Waals surface area contributed by atoms with Gasteiger partial charge in [0, 0.05) is 13.1 Å². The second kappa shape index (κ2) is 8.23. The molecule has 2 aromatic carbocycles. The topological polar surface area (TPSA) is 96.0 Å². The molecule has 33 heavy (non-hydrogen) atoms. The molecule has 3 aliphatic rings. The molecule has 2 saturated heterocycles. The monoisotopic (exact) mass is 469 g/mol. The number of rotatable bonds is 5. The number of hydrogen-bond acceptors (Lipinski definition) is 5. The molecule has 2 aliphatic heterocycles. The highest BCUT2D eigenvalue weighted by atomic mass is 32.2. The van der Waals surface area contributed by atoms with E-state index in [1.165, 1.54) is 27.6 Å². The van der Waals surface area contributed by atoms with Crippen molar-refractivity contribution in [3.8, 4) is 0 Å². The molecule has 174 valence electrons. The summed E-state index contributed by atoms with van der Waals surface area (Å²) in [5.41, 5.74) is 2.73. The summed E-state index contributed by atoms with van der Waals surface area (Å²) in [7, 11) is -3.67. The molecule has 0 spiro atoms. The van der Waals surface area contributed by atoms with Crippen molar-refractivity contribution >= 4 is 22.0 Å². The highest BCUT2D eigenvalue weighted by Gasteiger charge is 2.49. The average molecular weight is 470 g/mol. The number of imide groups is 1. The number of benzene rings is 2. The van der Waals surface area contributed by atoms with Crippen LogP contribution in [0.4, 0.5) is 4.79 Å². The van der Waals surface area contributed by atoms with Crippen molar-refractivity contribution in [1.82, 2.24) is 14.5 Å². The molecular formula is C24H27N3O5S. The van der Waals surface area contributed by atoms with Crippen LogP contribution in [0.2, 0.25) is 0 Å². The number of aryl methyl sites for hydroxylation is 2. The maximum absolute atomic E-state index is 13.4. The maximum atomic E-state index is 13.4.